The molecule has 148 valence electrons. The van der Waals surface area contributed by atoms with Gasteiger partial charge in [0.15, 0.2) is 5.96 Å². The number of benzene rings is 1. The third-order valence-electron chi connectivity index (χ3n) is 4.12. The smallest absolute Gasteiger partial charge is 0.387 e. The molecule has 26 heavy (non-hydrogen) atoms. The van der Waals surface area contributed by atoms with Crippen molar-refractivity contribution in [1.29, 1.82) is 0 Å². The van der Waals surface area contributed by atoms with E-state index in [1.54, 1.807) is 7.05 Å². The van der Waals surface area contributed by atoms with Crippen LogP contribution in [0.3, 0.4) is 0 Å². The topological polar surface area (TPSA) is 48.9 Å². The molecule has 1 aromatic carbocycles. The maximum atomic E-state index is 13.9. The first kappa shape index (κ1) is 22.8. The number of aliphatic imine (C=N–C) groups is 1. The molecule has 0 bridgehead atoms. The molecule has 0 radical (unpaired) electrons. The number of ether oxygens (including phenoxy) is 1. The Bertz CT molecular complexity index is 569. The van der Waals surface area contributed by atoms with Crippen LogP contribution in [0.15, 0.2) is 23.2 Å². The summed E-state index contributed by atoms with van der Waals surface area (Å²) in [6.07, 6.45) is 3.75. The van der Waals surface area contributed by atoms with Crippen molar-refractivity contribution in [3.05, 3.63) is 29.6 Å². The first-order valence-electron chi connectivity index (χ1n) is 8.49. The van der Waals surface area contributed by atoms with Crippen molar-refractivity contribution >= 4 is 29.9 Å². The fourth-order valence-corrected chi connectivity index (χ4v) is 2.82. The number of hydrogen-bond donors (Lipinski definition) is 2. The van der Waals surface area contributed by atoms with Gasteiger partial charge in [0.25, 0.3) is 0 Å². The number of rotatable bonds is 7. The van der Waals surface area contributed by atoms with Crippen LogP contribution in [0, 0.1) is 5.82 Å². The summed E-state index contributed by atoms with van der Waals surface area (Å²) < 4.78 is 43.2. The highest BCUT2D eigenvalue weighted by Crippen LogP contribution is 2.23. The van der Waals surface area contributed by atoms with Crippen molar-refractivity contribution in [2.45, 2.75) is 32.4 Å². The summed E-state index contributed by atoms with van der Waals surface area (Å²) in [7, 11) is 1.61. The Hall–Kier alpha value is -1.23. The minimum Gasteiger partial charge on any atom is -0.434 e. The quantitative estimate of drug-likeness (QED) is 0.353. The number of halogens is 4. The van der Waals surface area contributed by atoms with Crippen LogP contribution in [-0.4, -0.2) is 50.7 Å². The maximum absolute atomic E-state index is 13.9. The van der Waals surface area contributed by atoms with E-state index >= 15 is 0 Å². The van der Waals surface area contributed by atoms with Crippen LogP contribution in [0.2, 0.25) is 0 Å². The molecule has 0 atom stereocenters. The minimum absolute atomic E-state index is 0. The molecular weight excluding hydrogens is 460 g/mol. The van der Waals surface area contributed by atoms with Crippen LogP contribution in [0.1, 0.15) is 24.8 Å². The second kappa shape index (κ2) is 12.2. The fraction of sp³-hybridized carbons (Fsp3) is 0.588. The first-order chi connectivity index (χ1) is 12.1. The summed E-state index contributed by atoms with van der Waals surface area (Å²) in [6, 6.07) is 3.86. The highest BCUT2D eigenvalue weighted by molar-refractivity contribution is 14.0. The van der Waals surface area contributed by atoms with Gasteiger partial charge >= 0.3 is 6.61 Å². The molecule has 0 amide bonds. The summed E-state index contributed by atoms with van der Waals surface area (Å²) in [5.41, 5.74) is 0.0433. The molecule has 1 aromatic rings. The number of alkyl halides is 2. The number of likely N-dealkylation sites (tertiary alicyclic amines) is 1. The van der Waals surface area contributed by atoms with E-state index in [1.165, 1.54) is 37.5 Å². The molecule has 1 saturated heterocycles. The van der Waals surface area contributed by atoms with E-state index in [0.29, 0.717) is 12.5 Å². The van der Waals surface area contributed by atoms with Crippen LogP contribution in [0.4, 0.5) is 13.2 Å². The van der Waals surface area contributed by atoms with Crippen molar-refractivity contribution in [2.24, 2.45) is 4.99 Å². The van der Waals surface area contributed by atoms with Crippen molar-refractivity contribution in [3.63, 3.8) is 0 Å². The molecule has 0 unspecified atom stereocenters. The molecular formula is C17H26F3IN4O. The molecule has 0 aromatic heterocycles. The first-order valence-corrected chi connectivity index (χ1v) is 8.49. The predicted molar refractivity (Wildman–Crippen MR) is 107 cm³/mol. The third kappa shape index (κ3) is 7.56. The average Bonchev–Trinajstić information content (AvgIpc) is 2.60. The lowest BCUT2D eigenvalue weighted by Crippen LogP contribution is -2.42. The summed E-state index contributed by atoms with van der Waals surface area (Å²) in [5, 5.41) is 6.09. The van der Waals surface area contributed by atoms with Crippen molar-refractivity contribution < 1.29 is 17.9 Å². The standard InChI is InChI=1S/C17H25F3N4O.HI/c1-21-17(22-8-11-24-9-3-2-4-10-24)23-12-13-14(18)6-5-7-15(13)25-16(19)20;/h5-7,16H,2-4,8-12H2,1H3,(H2,21,22,23);1H. The van der Waals surface area contributed by atoms with Crippen molar-refractivity contribution in [2.75, 3.05) is 33.2 Å². The molecule has 0 aliphatic carbocycles. The van der Waals surface area contributed by atoms with Crippen LogP contribution < -0.4 is 15.4 Å². The van der Waals surface area contributed by atoms with E-state index in [4.69, 9.17) is 0 Å². The number of nitrogens with one attached hydrogen (secondary N) is 2. The zero-order valence-electron chi connectivity index (χ0n) is 14.8. The van der Waals surface area contributed by atoms with E-state index < -0.39 is 12.4 Å². The van der Waals surface area contributed by atoms with Gasteiger partial charge in [0.2, 0.25) is 0 Å². The zero-order valence-corrected chi connectivity index (χ0v) is 17.1. The van der Waals surface area contributed by atoms with Gasteiger partial charge in [0, 0.05) is 32.2 Å². The number of hydrogen-bond acceptors (Lipinski definition) is 3. The molecule has 9 heteroatoms. The number of guanidine groups is 1. The molecule has 1 aliphatic heterocycles. The van der Waals surface area contributed by atoms with Gasteiger partial charge in [0.1, 0.15) is 11.6 Å². The lowest BCUT2D eigenvalue weighted by Gasteiger charge is -2.26. The highest BCUT2D eigenvalue weighted by Gasteiger charge is 2.14. The Morgan fingerprint density at radius 2 is 1.96 bits per heavy atom. The second-order valence-electron chi connectivity index (χ2n) is 5.85. The molecule has 1 heterocycles. The largest absolute Gasteiger partial charge is 0.434 e. The molecule has 2 N–H and O–H groups in total. The van der Waals surface area contributed by atoms with Gasteiger partial charge in [-0.05, 0) is 38.1 Å². The van der Waals surface area contributed by atoms with Crippen LogP contribution in [-0.2, 0) is 6.54 Å². The van der Waals surface area contributed by atoms with Crippen LogP contribution in [0.5, 0.6) is 5.75 Å². The minimum atomic E-state index is -3.00. The molecule has 1 aliphatic rings. The summed E-state index contributed by atoms with van der Waals surface area (Å²) in [6.45, 7) is 0.826. The van der Waals surface area contributed by atoms with Gasteiger partial charge in [-0.3, -0.25) is 4.99 Å². The number of piperidine rings is 1. The third-order valence-corrected chi connectivity index (χ3v) is 4.12. The Kier molecular flexibility index (Phi) is 10.7. The summed E-state index contributed by atoms with van der Waals surface area (Å²) in [4.78, 5) is 6.45. The van der Waals surface area contributed by atoms with Gasteiger partial charge in [-0.15, -0.1) is 24.0 Å². The molecule has 5 nitrogen and oxygen atoms in total. The Morgan fingerprint density at radius 1 is 1.23 bits per heavy atom. The van der Waals surface area contributed by atoms with E-state index in [0.717, 1.165) is 19.6 Å². The van der Waals surface area contributed by atoms with E-state index in [1.807, 2.05) is 0 Å². The Labute approximate surface area is 169 Å². The second-order valence-corrected chi connectivity index (χ2v) is 5.85. The maximum Gasteiger partial charge on any atom is 0.387 e. The zero-order chi connectivity index (χ0) is 18.1. The molecule has 2 rings (SSSR count). The Balaban J connectivity index is 0.00000338. The lowest BCUT2D eigenvalue weighted by atomic mass is 10.1. The van der Waals surface area contributed by atoms with Gasteiger partial charge in [-0.25, -0.2) is 4.39 Å². The monoisotopic (exact) mass is 486 g/mol. The summed E-state index contributed by atoms with van der Waals surface area (Å²) >= 11 is 0. The van der Waals surface area contributed by atoms with Crippen molar-refractivity contribution in [1.82, 2.24) is 15.5 Å². The lowest BCUT2D eigenvalue weighted by molar-refractivity contribution is -0.0506. The molecule has 0 spiro atoms. The molecule has 1 fully saturated rings. The van der Waals surface area contributed by atoms with Crippen LogP contribution >= 0.6 is 24.0 Å². The van der Waals surface area contributed by atoms with E-state index in [-0.39, 0.29) is 41.8 Å². The Morgan fingerprint density at radius 3 is 2.62 bits per heavy atom. The van der Waals surface area contributed by atoms with Gasteiger partial charge in [-0.1, -0.05) is 12.5 Å². The normalized spacial score (nSPS) is 15.5. The summed E-state index contributed by atoms with van der Waals surface area (Å²) in [5.74, 6) is -0.288. The average molecular weight is 486 g/mol. The SMILES string of the molecule is CN=C(NCCN1CCCCC1)NCc1c(F)cccc1OC(F)F.I. The highest BCUT2D eigenvalue weighted by atomic mass is 127. The van der Waals surface area contributed by atoms with Gasteiger partial charge in [-0.2, -0.15) is 8.78 Å². The van der Waals surface area contributed by atoms with E-state index in [2.05, 4.69) is 25.3 Å². The predicted octanol–water partition coefficient (Wildman–Crippen LogP) is 3.20. The molecule has 0 saturated carbocycles. The van der Waals surface area contributed by atoms with E-state index in [9.17, 15) is 13.2 Å². The van der Waals surface area contributed by atoms with Gasteiger partial charge < -0.3 is 20.3 Å². The van der Waals surface area contributed by atoms with Gasteiger partial charge in [0.05, 0.1) is 0 Å². The van der Waals surface area contributed by atoms with Crippen molar-refractivity contribution in [3.8, 4) is 5.75 Å². The number of nitrogens with zero attached hydrogens (tertiary/aromatic N) is 2. The van der Waals surface area contributed by atoms with Crippen LogP contribution in [0.25, 0.3) is 0 Å². The fourth-order valence-electron chi connectivity index (χ4n) is 2.82.